The van der Waals surface area contributed by atoms with Crippen molar-refractivity contribution in [3.05, 3.63) is 47.0 Å². The Bertz CT molecular complexity index is 348. The summed E-state index contributed by atoms with van der Waals surface area (Å²) in [6.45, 7) is 6.01. The van der Waals surface area contributed by atoms with Crippen LogP contribution in [-0.4, -0.2) is 18.0 Å². The summed E-state index contributed by atoms with van der Waals surface area (Å²) in [6, 6.07) is 9.23. The first kappa shape index (κ1) is 10.9. The Morgan fingerprint density at radius 3 is 3.13 bits per heavy atom. The lowest BCUT2D eigenvalue weighted by Crippen LogP contribution is -2.23. The van der Waals surface area contributed by atoms with Crippen LogP contribution in [0.25, 0.3) is 0 Å². The first-order valence-electron chi connectivity index (χ1n) is 5.41. The summed E-state index contributed by atoms with van der Waals surface area (Å²) in [5.74, 6) is 0. The van der Waals surface area contributed by atoms with Crippen LogP contribution in [0.2, 0.25) is 0 Å². The lowest BCUT2D eigenvalue weighted by atomic mass is 10.0. The summed E-state index contributed by atoms with van der Waals surface area (Å²) >= 11 is 3.53. The average Bonchev–Trinajstić information content (AvgIpc) is 2.66. The zero-order valence-corrected chi connectivity index (χ0v) is 10.4. The first-order valence-corrected chi connectivity index (χ1v) is 6.21. The number of hydrogen-bond donors (Lipinski definition) is 0. The van der Waals surface area contributed by atoms with Gasteiger partial charge < -0.3 is 0 Å². The highest BCUT2D eigenvalue weighted by Gasteiger charge is 2.24. The molecule has 1 aliphatic rings. The first-order chi connectivity index (χ1) is 7.31. The van der Waals surface area contributed by atoms with Crippen LogP contribution in [0.4, 0.5) is 0 Å². The summed E-state index contributed by atoms with van der Waals surface area (Å²) in [5, 5.41) is 0. The van der Waals surface area contributed by atoms with Gasteiger partial charge in [-0.2, -0.15) is 0 Å². The molecule has 2 rings (SSSR count). The van der Waals surface area contributed by atoms with Gasteiger partial charge in [0.1, 0.15) is 0 Å². The molecule has 1 fully saturated rings. The Labute approximate surface area is 99.9 Å². The maximum Gasteiger partial charge on any atom is 0.0352 e. The molecule has 1 nitrogen and oxygen atoms in total. The Hall–Kier alpha value is -0.600. The fourth-order valence-corrected chi connectivity index (χ4v) is 2.72. The third-order valence-electron chi connectivity index (χ3n) is 2.96. The van der Waals surface area contributed by atoms with Crippen LogP contribution in [0.5, 0.6) is 0 Å². The van der Waals surface area contributed by atoms with Gasteiger partial charge in [0.2, 0.25) is 0 Å². The fourth-order valence-electron chi connectivity index (χ4n) is 2.30. The van der Waals surface area contributed by atoms with Gasteiger partial charge in [0, 0.05) is 17.1 Å². The number of rotatable bonds is 3. The topological polar surface area (TPSA) is 3.24 Å². The van der Waals surface area contributed by atoms with Gasteiger partial charge in [-0.1, -0.05) is 34.1 Å². The molecule has 1 aromatic rings. The molecule has 80 valence electrons. The van der Waals surface area contributed by atoms with Crippen LogP contribution in [0.15, 0.2) is 41.4 Å². The molecule has 0 N–H and O–H groups in total. The quantitative estimate of drug-likeness (QED) is 0.753. The van der Waals surface area contributed by atoms with E-state index in [4.69, 9.17) is 0 Å². The van der Waals surface area contributed by atoms with Crippen molar-refractivity contribution in [3.8, 4) is 0 Å². The Kier molecular flexibility index (Phi) is 3.60. The van der Waals surface area contributed by atoms with E-state index in [-0.39, 0.29) is 0 Å². The van der Waals surface area contributed by atoms with Gasteiger partial charge >= 0.3 is 0 Å². The zero-order chi connectivity index (χ0) is 10.7. The molecule has 0 spiro atoms. The Morgan fingerprint density at radius 1 is 1.53 bits per heavy atom. The summed E-state index contributed by atoms with van der Waals surface area (Å²) < 4.78 is 1.17. The van der Waals surface area contributed by atoms with Gasteiger partial charge in [0.15, 0.2) is 0 Å². The normalized spacial score (nSPS) is 21.8. The highest BCUT2D eigenvalue weighted by Crippen LogP contribution is 2.32. The molecule has 1 saturated heterocycles. The molecular weight excluding hydrogens is 250 g/mol. The zero-order valence-electron chi connectivity index (χ0n) is 8.82. The Morgan fingerprint density at radius 2 is 2.40 bits per heavy atom. The molecule has 2 heteroatoms. The van der Waals surface area contributed by atoms with Crippen molar-refractivity contribution in [1.82, 2.24) is 4.90 Å². The second-order valence-corrected chi connectivity index (χ2v) is 4.91. The minimum absolute atomic E-state index is 0.584. The van der Waals surface area contributed by atoms with Crippen LogP contribution in [0.3, 0.4) is 0 Å². The minimum atomic E-state index is 0.584. The van der Waals surface area contributed by atoms with Gasteiger partial charge in [0.05, 0.1) is 0 Å². The van der Waals surface area contributed by atoms with E-state index in [1.807, 2.05) is 6.08 Å². The van der Waals surface area contributed by atoms with E-state index in [2.05, 4.69) is 51.7 Å². The third kappa shape index (κ3) is 2.50. The van der Waals surface area contributed by atoms with Crippen LogP contribution in [-0.2, 0) is 0 Å². The van der Waals surface area contributed by atoms with E-state index in [1.165, 1.54) is 29.4 Å². The van der Waals surface area contributed by atoms with Crippen molar-refractivity contribution in [2.75, 3.05) is 13.1 Å². The van der Waals surface area contributed by atoms with Crippen LogP contribution >= 0.6 is 15.9 Å². The second-order valence-electron chi connectivity index (χ2n) is 4.00. The smallest absolute Gasteiger partial charge is 0.0352 e. The lowest BCUT2D eigenvalue weighted by Gasteiger charge is -2.23. The molecule has 15 heavy (non-hydrogen) atoms. The van der Waals surface area contributed by atoms with Gasteiger partial charge in [0.25, 0.3) is 0 Å². The van der Waals surface area contributed by atoms with Gasteiger partial charge in [-0.15, -0.1) is 6.58 Å². The lowest BCUT2D eigenvalue weighted by molar-refractivity contribution is 0.286. The SMILES string of the molecule is C=CCN1CCCC1c1cccc(Br)c1. The molecule has 1 atom stereocenters. The van der Waals surface area contributed by atoms with Crippen LogP contribution in [0.1, 0.15) is 24.4 Å². The summed E-state index contributed by atoms with van der Waals surface area (Å²) in [7, 11) is 0. The van der Waals surface area contributed by atoms with Gasteiger partial charge in [-0.05, 0) is 37.1 Å². The molecule has 0 aliphatic carbocycles. The van der Waals surface area contributed by atoms with E-state index in [9.17, 15) is 0 Å². The molecule has 0 bridgehead atoms. The standard InChI is InChI=1S/C13H16BrN/c1-2-8-15-9-4-7-13(15)11-5-3-6-12(14)10-11/h2-3,5-6,10,13H,1,4,7-9H2. The maximum absolute atomic E-state index is 3.82. The van der Waals surface area contributed by atoms with Gasteiger partial charge in [-0.3, -0.25) is 4.90 Å². The average molecular weight is 266 g/mol. The van der Waals surface area contributed by atoms with E-state index < -0.39 is 0 Å². The van der Waals surface area contributed by atoms with E-state index >= 15 is 0 Å². The summed E-state index contributed by atoms with van der Waals surface area (Å²) in [6.07, 6.45) is 4.56. The molecule has 1 unspecified atom stereocenters. The van der Waals surface area contributed by atoms with E-state index in [0.29, 0.717) is 6.04 Å². The van der Waals surface area contributed by atoms with Crippen molar-refractivity contribution in [1.29, 1.82) is 0 Å². The minimum Gasteiger partial charge on any atom is -0.293 e. The summed E-state index contributed by atoms with van der Waals surface area (Å²) in [5.41, 5.74) is 1.42. The molecule has 0 radical (unpaired) electrons. The number of nitrogens with zero attached hydrogens (tertiary/aromatic N) is 1. The number of benzene rings is 1. The van der Waals surface area contributed by atoms with Crippen molar-refractivity contribution < 1.29 is 0 Å². The molecular formula is C13H16BrN. The monoisotopic (exact) mass is 265 g/mol. The van der Waals surface area contributed by atoms with Crippen molar-refractivity contribution in [3.63, 3.8) is 0 Å². The molecule has 1 heterocycles. The van der Waals surface area contributed by atoms with E-state index in [0.717, 1.165) is 6.54 Å². The van der Waals surface area contributed by atoms with Crippen LogP contribution in [0, 0.1) is 0 Å². The largest absolute Gasteiger partial charge is 0.293 e. The highest BCUT2D eigenvalue weighted by atomic mass is 79.9. The number of likely N-dealkylation sites (tertiary alicyclic amines) is 1. The summed E-state index contributed by atoms with van der Waals surface area (Å²) in [4.78, 5) is 2.49. The molecule has 0 saturated carbocycles. The molecule has 1 aliphatic heterocycles. The number of halogens is 1. The van der Waals surface area contributed by atoms with Gasteiger partial charge in [-0.25, -0.2) is 0 Å². The fraction of sp³-hybridized carbons (Fsp3) is 0.385. The van der Waals surface area contributed by atoms with Crippen molar-refractivity contribution in [2.45, 2.75) is 18.9 Å². The van der Waals surface area contributed by atoms with E-state index in [1.54, 1.807) is 0 Å². The number of hydrogen-bond acceptors (Lipinski definition) is 1. The van der Waals surface area contributed by atoms with Crippen molar-refractivity contribution in [2.24, 2.45) is 0 Å². The van der Waals surface area contributed by atoms with Crippen molar-refractivity contribution >= 4 is 15.9 Å². The third-order valence-corrected chi connectivity index (χ3v) is 3.45. The predicted octanol–water partition coefficient (Wildman–Crippen LogP) is 3.77. The molecule has 0 amide bonds. The maximum atomic E-state index is 3.82. The van der Waals surface area contributed by atoms with Crippen LogP contribution < -0.4 is 0 Å². The predicted molar refractivity (Wildman–Crippen MR) is 67.9 cm³/mol. The Balaban J connectivity index is 2.18. The molecule has 1 aromatic carbocycles. The second kappa shape index (κ2) is 4.95. The highest BCUT2D eigenvalue weighted by molar-refractivity contribution is 9.10. The molecule has 0 aromatic heterocycles.